The number of pyridine rings is 1. The van der Waals surface area contributed by atoms with Crippen molar-refractivity contribution >= 4 is 16.9 Å². The zero-order chi connectivity index (χ0) is 17.9. The fraction of sp³-hybridized carbons (Fsp3) is 0.500. The third-order valence-electron chi connectivity index (χ3n) is 3.40. The highest BCUT2D eigenvalue weighted by Gasteiger charge is 2.18. The molecule has 8 nitrogen and oxygen atoms in total. The van der Waals surface area contributed by atoms with Crippen molar-refractivity contribution in [3.05, 3.63) is 33.1 Å². The third kappa shape index (κ3) is 3.47. The van der Waals surface area contributed by atoms with Crippen LogP contribution in [-0.4, -0.2) is 32.7 Å². The first-order valence-corrected chi connectivity index (χ1v) is 7.87. The summed E-state index contributed by atoms with van der Waals surface area (Å²) in [4.78, 5) is 41.2. The normalized spacial score (nSPS) is 11.0. The summed E-state index contributed by atoms with van der Waals surface area (Å²) in [6.45, 7) is 5.66. The number of hydrogen-bond acceptors (Lipinski definition) is 5. The maximum Gasteiger partial charge on any atom is 0.332 e. The average Bonchev–Trinajstić information content (AvgIpc) is 2.53. The van der Waals surface area contributed by atoms with E-state index in [1.165, 1.54) is 17.8 Å². The van der Waals surface area contributed by atoms with Gasteiger partial charge in [-0.25, -0.2) is 14.3 Å². The molecule has 0 radical (unpaired) electrons. The largest absolute Gasteiger partial charge is 0.493 e. The Morgan fingerprint density at radius 1 is 1.38 bits per heavy atom. The van der Waals surface area contributed by atoms with Gasteiger partial charge in [0, 0.05) is 19.3 Å². The van der Waals surface area contributed by atoms with Gasteiger partial charge in [-0.15, -0.1) is 0 Å². The van der Waals surface area contributed by atoms with E-state index in [-0.39, 0.29) is 23.6 Å². The number of hydrogen-bond donors (Lipinski definition) is 1. The van der Waals surface area contributed by atoms with Crippen LogP contribution < -0.4 is 21.3 Å². The Kier molecular flexibility index (Phi) is 5.38. The van der Waals surface area contributed by atoms with Gasteiger partial charge in [-0.1, -0.05) is 6.92 Å². The minimum Gasteiger partial charge on any atom is -0.493 e. The van der Waals surface area contributed by atoms with E-state index in [1.807, 2.05) is 6.92 Å². The molecule has 2 heterocycles. The molecule has 0 aliphatic rings. The van der Waals surface area contributed by atoms with Gasteiger partial charge in [0.05, 0.1) is 6.61 Å². The second-order valence-electron chi connectivity index (χ2n) is 5.81. The minimum absolute atomic E-state index is 0.0809. The van der Waals surface area contributed by atoms with E-state index < -0.39 is 17.2 Å². The maximum atomic E-state index is 12.8. The molecular formula is C16H22N4O4. The van der Waals surface area contributed by atoms with Crippen molar-refractivity contribution < 1.29 is 9.53 Å². The molecule has 0 saturated heterocycles. The highest BCUT2D eigenvalue weighted by atomic mass is 16.5. The summed E-state index contributed by atoms with van der Waals surface area (Å²) in [6, 6.07) is 1.50. The molecule has 0 atom stereocenters. The Hall–Kier alpha value is -2.64. The van der Waals surface area contributed by atoms with E-state index in [4.69, 9.17) is 4.74 Å². The summed E-state index contributed by atoms with van der Waals surface area (Å²) >= 11 is 0. The first-order valence-electron chi connectivity index (χ1n) is 7.87. The summed E-state index contributed by atoms with van der Waals surface area (Å²) in [6.07, 6.45) is 2.27. The highest BCUT2D eigenvalue weighted by Crippen LogP contribution is 2.19. The predicted octanol–water partition coefficient (Wildman–Crippen LogP) is 0.409. The first kappa shape index (κ1) is 17.7. The number of carbonyl (C=O) groups is 1. The molecule has 2 aromatic heterocycles. The molecule has 8 heteroatoms. The summed E-state index contributed by atoms with van der Waals surface area (Å²) < 4.78 is 7.75. The lowest BCUT2D eigenvalue weighted by atomic mass is 10.3. The van der Waals surface area contributed by atoms with Crippen LogP contribution in [-0.2, 0) is 18.4 Å². The van der Waals surface area contributed by atoms with Crippen LogP contribution in [0.2, 0.25) is 0 Å². The van der Waals surface area contributed by atoms with Gasteiger partial charge in [0.15, 0.2) is 5.65 Å². The zero-order valence-corrected chi connectivity index (χ0v) is 14.3. The van der Waals surface area contributed by atoms with Gasteiger partial charge >= 0.3 is 5.69 Å². The Morgan fingerprint density at radius 2 is 2.08 bits per heavy atom. The summed E-state index contributed by atoms with van der Waals surface area (Å²) in [7, 11) is 1.51. The Balaban J connectivity index is 2.62. The number of fused-ring (bicyclic) bond motifs is 1. The Bertz CT molecular complexity index is 867. The molecule has 2 rings (SSSR count). The molecular weight excluding hydrogens is 312 g/mol. The number of carbonyl (C=O) groups excluding carboxylic acids is 1. The molecule has 1 amide bonds. The van der Waals surface area contributed by atoms with Crippen LogP contribution in [0.4, 0.5) is 0 Å². The van der Waals surface area contributed by atoms with Crippen LogP contribution in [0.5, 0.6) is 5.75 Å². The SMILES string of the molecule is CCCOc1ccnc2c1c(=O)n(CC(=O)NC(C)C)c(=O)n2C. The molecule has 0 aliphatic heterocycles. The standard InChI is InChI=1S/C16H22N4O4/c1-5-8-24-11-6-7-17-14-13(11)15(22)20(16(23)19(14)4)9-12(21)18-10(2)3/h6-7,10H,5,8-9H2,1-4H3,(H,18,21). The van der Waals surface area contributed by atoms with Crippen molar-refractivity contribution in [3.63, 3.8) is 0 Å². The van der Waals surface area contributed by atoms with Crippen LogP contribution in [0.15, 0.2) is 21.9 Å². The lowest BCUT2D eigenvalue weighted by Gasteiger charge is -2.13. The summed E-state index contributed by atoms with van der Waals surface area (Å²) in [5.41, 5.74) is -0.933. The van der Waals surface area contributed by atoms with Gasteiger partial charge in [-0.05, 0) is 26.3 Å². The Morgan fingerprint density at radius 3 is 2.71 bits per heavy atom. The van der Waals surface area contributed by atoms with Crippen molar-refractivity contribution in [3.8, 4) is 5.75 Å². The molecule has 0 unspecified atom stereocenters. The van der Waals surface area contributed by atoms with Crippen molar-refractivity contribution in [2.75, 3.05) is 6.61 Å². The smallest absolute Gasteiger partial charge is 0.332 e. The van der Waals surface area contributed by atoms with E-state index in [9.17, 15) is 14.4 Å². The Labute approximate surface area is 139 Å². The number of amides is 1. The summed E-state index contributed by atoms with van der Waals surface area (Å²) in [5.74, 6) is -0.0380. The molecule has 0 spiro atoms. The topological polar surface area (TPSA) is 95.2 Å². The van der Waals surface area contributed by atoms with Crippen LogP contribution in [0, 0.1) is 0 Å². The predicted molar refractivity (Wildman–Crippen MR) is 90.3 cm³/mol. The van der Waals surface area contributed by atoms with Crippen molar-refractivity contribution in [1.82, 2.24) is 19.4 Å². The van der Waals surface area contributed by atoms with Gasteiger partial charge in [0.1, 0.15) is 17.7 Å². The monoisotopic (exact) mass is 334 g/mol. The van der Waals surface area contributed by atoms with Crippen molar-refractivity contribution in [2.24, 2.45) is 7.05 Å². The van der Waals surface area contributed by atoms with Crippen LogP contribution in [0.1, 0.15) is 27.2 Å². The molecule has 0 fully saturated rings. The van der Waals surface area contributed by atoms with E-state index in [0.717, 1.165) is 11.0 Å². The molecule has 130 valence electrons. The van der Waals surface area contributed by atoms with Gasteiger partial charge in [0.2, 0.25) is 5.91 Å². The van der Waals surface area contributed by atoms with Gasteiger partial charge in [-0.3, -0.25) is 14.2 Å². The lowest BCUT2D eigenvalue weighted by Crippen LogP contribution is -2.44. The number of aromatic nitrogens is 3. The van der Waals surface area contributed by atoms with E-state index in [0.29, 0.717) is 12.4 Å². The number of aryl methyl sites for hydroxylation is 1. The molecule has 0 aliphatic carbocycles. The van der Waals surface area contributed by atoms with Crippen molar-refractivity contribution in [2.45, 2.75) is 39.8 Å². The molecule has 24 heavy (non-hydrogen) atoms. The van der Waals surface area contributed by atoms with E-state index in [2.05, 4.69) is 10.3 Å². The summed E-state index contributed by atoms with van der Waals surface area (Å²) in [5, 5.41) is 2.87. The average molecular weight is 334 g/mol. The molecule has 0 aromatic carbocycles. The number of ether oxygens (including phenoxy) is 1. The number of nitrogens with one attached hydrogen (secondary N) is 1. The third-order valence-corrected chi connectivity index (χ3v) is 3.40. The molecule has 0 bridgehead atoms. The van der Waals surface area contributed by atoms with Crippen LogP contribution in [0.25, 0.3) is 11.0 Å². The van der Waals surface area contributed by atoms with E-state index >= 15 is 0 Å². The fourth-order valence-corrected chi connectivity index (χ4v) is 2.37. The van der Waals surface area contributed by atoms with E-state index in [1.54, 1.807) is 19.9 Å². The fourth-order valence-electron chi connectivity index (χ4n) is 2.37. The van der Waals surface area contributed by atoms with Crippen LogP contribution in [0.3, 0.4) is 0 Å². The second kappa shape index (κ2) is 7.29. The quantitative estimate of drug-likeness (QED) is 0.825. The zero-order valence-electron chi connectivity index (χ0n) is 14.3. The lowest BCUT2D eigenvalue weighted by molar-refractivity contribution is -0.122. The van der Waals surface area contributed by atoms with Crippen molar-refractivity contribution in [1.29, 1.82) is 0 Å². The minimum atomic E-state index is -0.591. The number of rotatable bonds is 6. The second-order valence-corrected chi connectivity index (χ2v) is 5.81. The highest BCUT2D eigenvalue weighted by molar-refractivity contribution is 5.82. The number of nitrogens with zero attached hydrogens (tertiary/aromatic N) is 3. The van der Waals surface area contributed by atoms with Crippen LogP contribution >= 0.6 is 0 Å². The first-order chi connectivity index (χ1) is 11.4. The van der Waals surface area contributed by atoms with Gasteiger partial charge in [-0.2, -0.15) is 0 Å². The van der Waals surface area contributed by atoms with Gasteiger partial charge < -0.3 is 10.1 Å². The molecule has 1 N–H and O–H groups in total. The molecule has 0 saturated carbocycles. The molecule has 2 aromatic rings. The maximum absolute atomic E-state index is 12.8. The van der Waals surface area contributed by atoms with Gasteiger partial charge in [0.25, 0.3) is 5.56 Å².